The van der Waals surface area contributed by atoms with Crippen LogP contribution in [0.4, 0.5) is 0 Å². The van der Waals surface area contributed by atoms with Crippen molar-refractivity contribution in [1.82, 2.24) is 15.5 Å². The second kappa shape index (κ2) is 6.36. The minimum Gasteiger partial charge on any atom is -0.359 e. The number of carbonyl (C=O) groups is 1. The fourth-order valence-corrected chi connectivity index (χ4v) is 3.09. The molecule has 4 heteroatoms. The first-order valence-corrected chi connectivity index (χ1v) is 6.97. The van der Waals surface area contributed by atoms with E-state index in [0.717, 1.165) is 19.0 Å². The van der Waals surface area contributed by atoms with Gasteiger partial charge in [0.05, 0.1) is 0 Å². The van der Waals surface area contributed by atoms with E-state index in [-0.39, 0.29) is 5.91 Å². The maximum Gasteiger partial charge on any atom is 0.219 e. The van der Waals surface area contributed by atoms with Crippen LogP contribution in [0.3, 0.4) is 0 Å². The normalized spacial score (nSPS) is 29.0. The summed E-state index contributed by atoms with van der Waals surface area (Å²) in [5.74, 6) is 0.150. The van der Waals surface area contributed by atoms with Crippen LogP contribution in [0.25, 0.3) is 0 Å². The average molecular weight is 239 g/mol. The molecule has 2 saturated heterocycles. The first kappa shape index (κ1) is 12.8. The molecule has 0 aromatic rings. The van der Waals surface area contributed by atoms with Crippen LogP contribution in [0.1, 0.15) is 38.5 Å². The molecule has 98 valence electrons. The third-order valence-corrected chi connectivity index (χ3v) is 4.11. The summed E-state index contributed by atoms with van der Waals surface area (Å²) in [6.07, 6.45) is 6.94. The number of piperidine rings is 1. The van der Waals surface area contributed by atoms with E-state index < -0.39 is 0 Å². The molecule has 2 aliphatic rings. The minimum atomic E-state index is 0.150. The largest absolute Gasteiger partial charge is 0.359 e. The van der Waals surface area contributed by atoms with E-state index in [4.69, 9.17) is 0 Å². The predicted molar refractivity (Wildman–Crippen MR) is 68.9 cm³/mol. The van der Waals surface area contributed by atoms with E-state index in [2.05, 4.69) is 15.5 Å². The molecule has 0 aromatic carbocycles. The van der Waals surface area contributed by atoms with Crippen LogP contribution in [-0.4, -0.2) is 49.6 Å². The van der Waals surface area contributed by atoms with Gasteiger partial charge >= 0.3 is 0 Å². The molecule has 0 bridgehead atoms. The van der Waals surface area contributed by atoms with Crippen molar-refractivity contribution in [2.45, 2.75) is 50.6 Å². The summed E-state index contributed by atoms with van der Waals surface area (Å²) in [5.41, 5.74) is 0. The van der Waals surface area contributed by atoms with Gasteiger partial charge in [0, 0.05) is 25.6 Å². The van der Waals surface area contributed by atoms with Crippen LogP contribution in [0.5, 0.6) is 0 Å². The molecule has 2 heterocycles. The number of fused-ring (bicyclic) bond motifs is 1. The third-order valence-electron chi connectivity index (χ3n) is 4.11. The van der Waals surface area contributed by atoms with Gasteiger partial charge in [-0.1, -0.05) is 0 Å². The van der Waals surface area contributed by atoms with Gasteiger partial charge in [-0.3, -0.25) is 4.79 Å². The van der Waals surface area contributed by atoms with Crippen molar-refractivity contribution in [3.8, 4) is 0 Å². The quantitative estimate of drug-likeness (QED) is 0.695. The molecule has 0 aromatic heterocycles. The van der Waals surface area contributed by atoms with Crippen LogP contribution in [-0.2, 0) is 4.79 Å². The lowest BCUT2D eigenvalue weighted by Crippen LogP contribution is -2.45. The van der Waals surface area contributed by atoms with Crippen molar-refractivity contribution < 1.29 is 4.79 Å². The van der Waals surface area contributed by atoms with Crippen molar-refractivity contribution >= 4 is 5.91 Å². The molecule has 0 aliphatic carbocycles. The van der Waals surface area contributed by atoms with Crippen LogP contribution in [0.15, 0.2) is 0 Å². The summed E-state index contributed by atoms with van der Waals surface area (Å²) in [6.45, 7) is 3.55. The Hall–Kier alpha value is -0.610. The van der Waals surface area contributed by atoms with Crippen molar-refractivity contribution in [3.63, 3.8) is 0 Å². The van der Waals surface area contributed by atoms with Gasteiger partial charge in [-0.2, -0.15) is 0 Å². The molecule has 0 saturated carbocycles. The van der Waals surface area contributed by atoms with E-state index in [9.17, 15) is 4.79 Å². The number of nitrogens with one attached hydrogen (secondary N) is 2. The lowest BCUT2D eigenvalue weighted by atomic mass is 9.97. The Morgan fingerprint density at radius 2 is 2.24 bits per heavy atom. The molecule has 4 nitrogen and oxygen atoms in total. The number of nitrogens with zero attached hydrogens (tertiary/aromatic N) is 1. The summed E-state index contributed by atoms with van der Waals surface area (Å²) in [6, 6.07) is 1.51. The van der Waals surface area contributed by atoms with Gasteiger partial charge in [0.2, 0.25) is 5.91 Å². The number of carbonyl (C=O) groups excluding carboxylic acids is 1. The summed E-state index contributed by atoms with van der Waals surface area (Å²) in [4.78, 5) is 13.7. The Labute approximate surface area is 104 Å². The van der Waals surface area contributed by atoms with E-state index in [1.165, 1.54) is 38.8 Å². The lowest BCUT2D eigenvalue weighted by Gasteiger charge is -2.35. The molecule has 1 amide bonds. The highest BCUT2D eigenvalue weighted by Crippen LogP contribution is 2.26. The second-order valence-corrected chi connectivity index (χ2v) is 5.28. The smallest absolute Gasteiger partial charge is 0.219 e. The van der Waals surface area contributed by atoms with Crippen LogP contribution in [0, 0.1) is 0 Å². The Kier molecular flexibility index (Phi) is 4.80. The monoisotopic (exact) mass is 239 g/mol. The summed E-state index contributed by atoms with van der Waals surface area (Å²) in [5, 5.41) is 6.27. The van der Waals surface area contributed by atoms with Gasteiger partial charge in [-0.25, -0.2) is 0 Å². The zero-order chi connectivity index (χ0) is 12.1. The molecule has 17 heavy (non-hydrogen) atoms. The molecule has 0 radical (unpaired) electrons. The topological polar surface area (TPSA) is 44.4 Å². The van der Waals surface area contributed by atoms with Gasteiger partial charge in [-0.05, 0) is 51.7 Å². The number of amides is 1. The molecular weight excluding hydrogens is 214 g/mol. The molecule has 0 spiro atoms. The second-order valence-electron chi connectivity index (χ2n) is 5.28. The highest BCUT2D eigenvalue weighted by atomic mass is 16.1. The Morgan fingerprint density at radius 1 is 1.35 bits per heavy atom. The van der Waals surface area contributed by atoms with Crippen LogP contribution < -0.4 is 10.6 Å². The first-order chi connectivity index (χ1) is 8.29. The fraction of sp³-hybridized carbons (Fsp3) is 0.923. The van der Waals surface area contributed by atoms with Gasteiger partial charge < -0.3 is 15.5 Å². The molecule has 2 aliphatic heterocycles. The maximum atomic E-state index is 11.1. The first-order valence-electron chi connectivity index (χ1n) is 6.97. The summed E-state index contributed by atoms with van der Waals surface area (Å²) >= 11 is 0. The third kappa shape index (κ3) is 3.68. The highest BCUT2D eigenvalue weighted by Gasteiger charge is 2.31. The fourth-order valence-electron chi connectivity index (χ4n) is 3.09. The molecular formula is C13H25N3O. The zero-order valence-corrected chi connectivity index (χ0v) is 10.9. The number of hydrogen-bond acceptors (Lipinski definition) is 3. The molecule has 2 atom stereocenters. The molecule has 2 unspecified atom stereocenters. The summed E-state index contributed by atoms with van der Waals surface area (Å²) in [7, 11) is 1.70. The predicted octanol–water partition coefficient (Wildman–Crippen LogP) is 0.729. The van der Waals surface area contributed by atoms with Crippen molar-refractivity contribution in [2.24, 2.45) is 0 Å². The number of hydrogen-bond donors (Lipinski definition) is 2. The van der Waals surface area contributed by atoms with E-state index in [0.29, 0.717) is 12.5 Å². The van der Waals surface area contributed by atoms with Crippen molar-refractivity contribution in [2.75, 3.05) is 26.7 Å². The average Bonchev–Trinajstić information content (AvgIpc) is 2.81. The van der Waals surface area contributed by atoms with Crippen LogP contribution >= 0.6 is 0 Å². The minimum absolute atomic E-state index is 0.150. The standard InChI is InChI=1S/C13H25N3O/c1-14-13(17)5-2-7-15-11-6-9-16-8-3-4-12(16)10-11/h11-12,15H,2-10H2,1H3,(H,14,17). The van der Waals surface area contributed by atoms with Crippen molar-refractivity contribution in [1.29, 1.82) is 0 Å². The SMILES string of the molecule is CNC(=O)CCCNC1CCN2CCCC2C1. The van der Waals surface area contributed by atoms with E-state index in [1.807, 2.05) is 0 Å². The van der Waals surface area contributed by atoms with Gasteiger partial charge in [0.1, 0.15) is 0 Å². The molecule has 2 N–H and O–H groups in total. The highest BCUT2D eigenvalue weighted by molar-refractivity contribution is 5.75. The van der Waals surface area contributed by atoms with Gasteiger partial charge in [0.25, 0.3) is 0 Å². The van der Waals surface area contributed by atoms with E-state index in [1.54, 1.807) is 7.05 Å². The molecule has 2 fully saturated rings. The Morgan fingerprint density at radius 3 is 3.06 bits per heavy atom. The number of rotatable bonds is 5. The molecule has 2 rings (SSSR count). The maximum absolute atomic E-state index is 11.1. The van der Waals surface area contributed by atoms with Crippen LogP contribution in [0.2, 0.25) is 0 Å². The summed E-state index contributed by atoms with van der Waals surface area (Å²) < 4.78 is 0. The van der Waals surface area contributed by atoms with Gasteiger partial charge in [0.15, 0.2) is 0 Å². The lowest BCUT2D eigenvalue weighted by molar-refractivity contribution is -0.120. The Balaban J connectivity index is 1.59. The zero-order valence-electron chi connectivity index (χ0n) is 10.9. The van der Waals surface area contributed by atoms with Gasteiger partial charge in [-0.15, -0.1) is 0 Å². The van der Waals surface area contributed by atoms with Crippen molar-refractivity contribution in [3.05, 3.63) is 0 Å². The van der Waals surface area contributed by atoms with E-state index >= 15 is 0 Å². The Bertz CT molecular complexity index is 257.